The first-order valence-electron chi connectivity index (χ1n) is 5.75. The van der Waals surface area contributed by atoms with Gasteiger partial charge in [-0.3, -0.25) is 14.9 Å². The third-order valence-corrected chi connectivity index (χ3v) is 3.06. The van der Waals surface area contributed by atoms with Gasteiger partial charge in [0.2, 0.25) is 0 Å². The summed E-state index contributed by atoms with van der Waals surface area (Å²) >= 11 is 5.81. The van der Waals surface area contributed by atoms with Gasteiger partial charge in [0.25, 0.3) is 11.2 Å². The number of halogens is 1. The maximum Gasteiger partial charge on any atom is 0.335 e. The summed E-state index contributed by atoms with van der Waals surface area (Å²) < 4.78 is 1.17. The highest BCUT2D eigenvalue weighted by Gasteiger charge is 2.15. The van der Waals surface area contributed by atoms with Crippen LogP contribution in [0.15, 0.2) is 41.3 Å². The average molecular weight is 309 g/mol. The van der Waals surface area contributed by atoms with Crippen LogP contribution in [-0.4, -0.2) is 20.6 Å². The van der Waals surface area contributed by atoms with Crippen molar-refractivity contribution in [1.82, 2.24) is 4.57 Å². The van der Waals surface area contributed by atoms with Crippen LogP contribution in [0.4, 0.5) is 5.69 Å². The Morgan fingerprint density at radius 3 is 2.62 bits per heavy atom. The molecule has 0 fully saturated rings. The summed E-state index contributed by atoms with van der Waals surface area (Å²) in [5.74, 6) is -1.21. The van der Waals surface area contributed by atoms with Crippen molar-refractivity contribution in [2.45, 2.75) is 6.54 Å². The molecule has 8 heteroatoms. The van der Waals surface area contributed by atoms with Crippen molar-refractivity contribution in [3.63, 3.8) is 0 Å². The molecule has 21 heavy (non-hydrogen) atoms. The Morgan fingerprint density at radius 2 is 2.05 bits per heavy atom. The first-order valence-corrected chi connectivity index (χ1v) is 6.13. The van der Waals surface area contributed by atoms with E-state index in [1.807, 2.05) is 0 Å². The number of hydrogen-bond acceptors (Lipinski definition) is 4. The van der Waals surface area contributed by atoms with E-state index in [9.17, 15) is 19.7 Å². The van der Waals surface area contributed by atoms with E-state index in [1.54, 1.807) is 0 Å². The second kappa shape index (κ2) is 5.76. The third-order valence-electron chi connectivity index (χ3n) is 2.82. The predicted octanol–water partition coefficient (Wildman–Crippen LogP) is 2.16. The number of aromatic nitrogens is 1. The summed E-state index contributed by atoms with van der Waals surface area (Å²) in [5.41, 5.74) is -0.604. The maximum atomic E-state index is 11.8. The number of carbonyl (C=O) groups is 1. The van der Waals surface area contributed by atoms with Gasteiger partial charge in [0.05, 0.1) is 22.6 Å². The van der Waals surface area contributed by atoms with Crippen molar-refractivity contribution in [2.75, 3.05) is 0 Å². The van der Waals surface area contributed by atoms with Crippen LogP contribution in [0.2, 0.25) is 5.02 Å². The third kappa shape index (κ3) is 3.26. The Balaban J connectivity index is 2.43. The number of nitrogens with zero attached hydrogens (tertiary/aromatic N) is 2. The van der Waals surface area contributed by atoms with Crippen molar-refractivity contribution in [1.29, 1.82) is 0 Å². The van der Waals surface area contributed by atoms with Crippen LogP contribution in [0, 0.1) is 10.1 Å². The molecular weight excluding hydrogens is 300 g/mol. The van der Waals surface area contributed by atoms with Crippen LogP contribution < -0.4 is 5.56 Å². The van der Waals surface area contributed by atoms with E-state index in [0.717, 1.165) is 6.07 Å². The van der Waals surface area contributed by atoms with Crippen LogP contribution >= 0.6 is 11.6 Å². The van der Waals surface area contributed by atoms with Gasteiger partial charge in [0.1, 0.15) is 0 Å². The van der Waals surface area contributed by atoms with Crippen molar-refractivity contribution >= 4 is 23.3 Å². The molecule has 1 heterocycles. The monoisotopic (exact) mass is 308 g/mol. The van der Waals surface area contributed by atoms with Gasteiger partial charge in [-0.25, -0.2) is 4.79 Å². The van der Waals surface area contributed by atoms with E-state index in [0.29, 0.717) is 5.02 Å². The highest BCUT2D eigenvalue weighted by Crippen LogP contribution is 2.23. The molecule has 0 aliphatic carbocycles. The number of nitro benzene ring substituents is 1. The number of nitro groups is 1. The minimum atomic E-state index is -1.21. The summed E-state index contributed by atoms with van der Waals surface area (Å²) in [6, 6.07) is 6.25. The minimum Gasteiger partial charge on any atom is -0.478 e. The lowest BCUT2D eigenvalue weighted by Crippen LogP contribution is -2.21. The van der Waals surface area contributed by atoms with Crippen molar-refractivity contribution in [3.8, 4) is 0 Å². The molecule has 0 amide bonds. The smallest absolute Gasteiger partial charge is 0.335 e. The molecular formula is C13H9ClN2O5. The van der Waals surface area contributed by atoms with Gasteiger partial charge in [-0.1, -0.05) is 11.6 Å². The number of rotatable bonds is 4. The molecule has 0 bridgehead atoms. The van der Waals surface area contributed by atoms with Crippen LogP contribution in [0.25, 0.3) is 0 Å². The number of aromatic carboxylic acids is 1. The van der Waals surface area contributed by atoms with Gasteiger partial charge in [0, 0.05) is 23.4 Å². The minimum absolute atomic E-state index is 0.0738. The van der Waals surface area contributed by atoms with Gasteiger partial charge < -0.3 is 9.67 Å². The Hall–Kier alpha value is -2.67. The fourth-order valence-electron chi connectivity index (χ4n) is 1.81. The first kappa shape index (κ1) is 14.7. The van der Waals surface area contributed by atoms with E-state index < -0.39 is 16.5 Å². The molecule has 2 aromatic rings. The van der Waals surface area contributed by atoms with Crippen molar-refractivity contribution in [2.24, 2.45) is 0 Å². The molecule has 0 atom stereocenters. The van der Waals surface area contributed by atoms with Gasteiger partial charge in [0.15, 0.2) is 0 Å². The Bertz CT molecular complexity index is 784. The van der Waals surface area contributed by atoms with E-state index in [-0.39, 0.29) is 23.4 Å². The second-order valence-electron chi connectivity index (χ2n) is 4.22. The Morgan fingerprint density at radius 1 is 1.33 bits per heavy atom. The molecule has 0 radical (unpaired) electrons. The molecule has 1 N–H and O–H groups in total. The maximum absolute atomic E-state index is 11.8. The number of carboxylic acid groups (broad SMARTS) is 1. The normalized spacial score (nSPS) is 10.3. The summed E-state index contributed by atoms with van der Waals surface area (Å²) in [6.45, 7) is -0.0738. The zero-order valence-electron chi connectivity index (χ0n) is 10.5. The zero-order chi connectivity index (χ0) is 15.6. The number of hydrogen-bond donors (Lipinski definition) is 1. The SMILES string of the molecule is O=C(O)c1ccn(Cc2cc(Cl)ccc2[N+](=O)[O-])c(=O)c1. The molecule has 0 saturated heterocycles. The van der Waals surface area contributed by atoms with Gasteiger partial charge in [-0.2, -0.15) is 0 Å². The Labute approximate surface area is 123 Å². The molecule has 2 rings (SSSR count). The van der Waals surface area contributed by atoms with Crippen LogP contribution in [-0.2, 0) is 6.54 Å². The molecule has 108 valence electrons. The molecule has 0 aliphatic rings. The standard InChI is InChI=1S/C13H9ClN2O5/c14-10-1-2-11(16(20)21)9(5-10)7-15-4-3-8(13(18)19)6-12(15)17/h1-6H,7H2,(H,18,19). The van der Waals surface area contributed by atoms with E-state index in [1.165, 1.54) is 35.0 Å². The van der Waals surface area contributed by atoms with E-state index in [2.05, 4.69) is 0 Å². The first-order chi connectivity index (χ1) is 9.88. The average Bonchev–Trinajstić information content (AvgIpc) is 2.40. The van der Waals surface area contributed by atoms with E-state index >= 15 is 0 Å². The molecule has 1 aromatic carbocycles. The second-order valence-corrected chi connectivity index (χ2v) is 4.65. The summed E-state index contributed by atoms with van der Waals surface area (Å²) in [5, 5.41) is 20.0. The van der Waals surface area contributed by atoms with Gasteiger partial charge >= 0.3 is 5.97 Å². The lowest BCUT2D eigenvalue weighted by atomic mass is 10.1. The molecule has 7 nitrogen and oxygen atoms in total. The molecule has 0 saturated carbocycles. The topological polar surface area (TPSA) is 102 Å². The highest BCUT2D eigenvalue weighted by molar-refractivity contribution is 6.30. The van der Waals surface area contributed by atoms with Gasteiger partial charge in [-0.05, 0) is 18.2 Å². The summed E-state index contributed by atoms with van der Waals surface area (Å²) in [6.07, 6.45) is 1.27. The fraction of sp³-hybridized carbons (Fsp3) is 0.0769. The molecule has 0 spiro atoms. The highest BCUT2D eigenvalue weighted by atomic mass is 35.5. The number of carboxylic acids is 1. The lowest BCUT2D eigenvalue weighted by molar-refractivity contribution is -0.385. The van der Waals surface area contributed by atoms with Crippen molar-refractivity contribution < 1.29 is 14.8 Å². The quantitative estimate of drug-likeness (QED) is 0.688. The largest absolute Gasteiger partial charge is 0.478 e. The summed E-state index contributed by atoms with van der Waals surface area (Å²) in [7, 11) is 0. The van der Waals surface area contributed by atoms with Crippen molar-refractivity contribution in [3.05, 3.63) is 73.1 Å². The lowest BCUT2D eigenvalue weighted by Gasteiger charge is -2.07. The molecule has 0 aliphatic heterocycles. The van der Waals surface area contributed by atoms with Gasteiger partial charge in [-0.15, -0.1) is 0 Å². The number of benzene rings is 1. The van der Waals surface area contributed by atoms with Crippen LogP contribution in [0.5, 0.6) is 0 Å². The fourth-order valence-corrected chi connectivity index (χ4v) is 2.01. The predicted molar refractivity (Wildman–Crippen MR) is 74.9 cm³/mol. The van der Waals surface area contributed by atoms with Crippen LogP contribution in [0.1, 0.15) is 15.9 Å². The van der Waals surface area contributed by atoms with Crippen LogP contribution in [0.3, 0.4) is 0 Å². The van der Waals surface area contributed by atoms with E-state index in [4.69, 9.17) is 16.7 Å². The summed E-state index contributed by atoms with van der Waals surface area (Å²) in [4.78, 5) is 32.9. The molecule has 1 aromatic heterocycles. The Kier molecular flexibility index (Phi) is 4.04. The number of pyridine rings is 1. The zero-order valence-corrected chi connectivity index (χ0v) is 11.3. The molecule has 0 unspecified atom stereocenters.